The third-order valence-electron chi connectivity index (χ3n) is 6.73. The van der Waals surface area contributed by atoms with Crippen LogP contribution in [0.3, 0.4) is 0 Å². The van der Waals surface area contributed by atoms with Crippen LogP contribution in [-0.4, -0.2) is 18.7 Å². The van der Waals surface area contributed by atoms with Crippen molar-refractivity contribution >= 4 is 10.1 Å². The second-order valence-electron chi connectivity index (χ2n) is 9.45. The lowest BCUT2D eigenvalue weighted by Gasteiger charge is -2.35. The molecule has 29 heavy (non-hydrogen) atoms. The van der Waals surface area contributed by atoms with Crippen molar-refractivity contribution in [2.75, 3.05) is 5.75 Å². The SMILES string of the molecule is CCCCCCCCCCCCCCCCC1(CCCS(=O)(=O)O)CC=CCC1. The highest BCUT2D eigenvalue weighted by Gasteiger charge is 2.29. The molecule has 1 rings (SSSR count). The van der Waals surface area contributed by atoms with Gasteiger partial charge in [-0.3, -0.25) is 4.55 Å². The third kappa shape index (κ3) is 15.2. The molecule has 0 radical (unpaired) electrons. The van der Waals surface area contributed by atoms with Crippen LogP contribution in [0.2, 0.25) is 0 Å². The van der Waals surface area contributed by atoms with Gasteiger partial charge in [0.05, 0.1) is 5.75 Å². The molecule has 0 aromatic rings. The van der Waals surface area contributed by atoms with Gasteiger partial charge in [-0.05, 0) is 43.9 Å². The maximum atomic E-state index is 11.0. The van der Waals surface area contributed by atoms with Gasteiger partial charge in [0.2, 0.25) is 0 Å². The van der Waals surface area contributed by atoms with E-state index in [1.54, 1.807) is 0 Å². The van der Waals surface area contributed by atoms with E-state index in [-0.39, 0.29) is 11.2 Å². The van der Waals surface area contributed by atoms with Gasteiger partial charge in [-0.15, -0.1) is 0 Å². The molecule has 0 aliphatic heterocycles. The van der Waals surface area contributed by atoms with Crippen LogP contribution in [0, 0.1) is 5.41 Å². The second kappa shape index (κ2) is 16.4. The molecule has 0 aromatic carbocycles. The zero-order chi connectivity index (χ0) is 21.3. The van der Waals surface area contributed by atoms with Gasteiger partial charge in [0.1, 0.15) is 0 Å². The lowest BCUT2D eigenvalue weighted by atomic mass is 9.70. The van der Waals surface area contributed by atoms with Crippen LogP contribution in [0.25, 0.3) is 0 Å². The monoisotopic (exact) mass is 428 g/mol. The van der Waals surface area contributed by atoms with Crippen molar-refractivity contribution in [3.63, 3.8) is 0 Å². The zero-order valence-electron chi connectivity index (χ0n) is 19.2. The Morgan fingerprint density at radius 1 is 0.724 bits per heavy atom. The average molecular weight is 429 g/mol. The van der Waals surface area contributed by atoms with Crippen molar-refractivity contribution < 1.29 is 13.0 Å². The van der Waals surface area contributed by atoms with E-state index in [9.17, 15) is 8.42 Å². The van der Waals surface area contributed by atoms with E-state index >= 15 is 0 Å². The predicted octanol–water partition coefficient (Wildman–Crippen LogP) is 8.25. The molecule has 0 saturated carbocycles. The van der Waals surface area contributed by atoms with Gasteiger partial charge in [-0.1, -0.05) is 109 Å². The molecule has 0 spiro atoms. The quantitative estimate of drug-likeness (QED) is 0.128. The minimum absolute atomic E-state index is 0.0861. The molecule has 1 aliphatic rings. The molecule has 0 aromatic heterocycles. The highest BCUT2D eigenvalue weighted by molar-refractivity contribution is 7.85. The molecule has 3 nitrogen and oxygen atoms in total. The Bertz CT molecular complexity index is 512. The van der Waals surface area contributed by atoms with E-state index in [1.165, 1.54) is 103 Å². The smallest absolute Gasteiger partial charge is 0.264 e. The summed E-state index contributed by atoms with van der Waals surface area (Å²) < 4.78 is 31.0. The van der Waals surface area contributed by atoms with E-state index in [1.807, 2.05) is 0 Å². The van der Waals surface area contributed by atoms with Crippen molar-refractivity contribution in [2.24, 2.45) is 5.41 Å². The summed E-state index contributed by atoms with van der Waals surface area (Å²) >= 11 is 0. The molecule has 0 fully saturated rings. The van der Waals surface area contributed by atoms with Crippen molar-refractivity contribution in [1.82, 2.24) is 0 Å². The Morgan fingerprint density at radius 2 is 1.21 bits per heavy atom. The third-order valence-corrected chi connectivity index (χ3v) is 7.53. The van der Waals surface area contributed by atoms with E-state index < -0.39 is 10.1 Å². The van der Waals surface area contributed by atoms with Crippen LogP contribution in [0.1, 0.15) is 135 Å². The minimum Gasteiger partial charge on any atom is -0.286 e. The molecule has 1 atom stereocenters. The Labute approximate surface area is 181 Å². The maximum Gasteiger partial charge on any atom is 0.264 e. The molecule has 1 N–H and O–H groups in total. The average Bonchev–Trinajstić information content (AvgIpc) is 2.68. The van der Waals surface area contributed by atoms with Gasteiger partial charge >= 0.3 is 0 Å². The van der Waals surface area contributed by atoms with Gasteiger partial charge in [-0.25, -0.2) is 0 Å². The van der Waals surface area contributed by atoms with E-state index in [2.05, 4.69) is 19.1 Å². The number of hydrogen-bond acceptors (Lipinski definition) is 2. The van der Waals surface area contributed by atoms with E-state index in [0.717, 1.165) is 19.3 Å². The Hall–Kier alpha value is -0.350. The van der Waals surface area contributed by atoms with Crippen molar-refractivity contribution in [1.29, 1.82) is 0 Å². The molecule has 4 heteroatoms. The number of unbranched alkanes of at least 4 members (excludes halogenated alkanes) is 13. The summed E-state index contributed by atoms with van der Waals surface area (Å²) in [6.45, 7) is 2.28. The highest BCUT2D eigenvalue weighted by Crippen LogP contribution is 2.42. The largest absolute Gasteiger partial charge is 0.286 e. The van der Waals surface area contributed by atoms with E-state index in [0.29, 0.717) is 6.42 Å². The van der Waals surface area contributed by atoms with Crippen LogP contribution in [-0.2, 0) is 10.1 Å². The van der Waals surface area contributed by atoms with Gasteiger partial charge in [0.25, 0.3) is 10.1 Å². The highest BCUT2D eigenvalue weighted by atomic mass is 32.2. The molecule has 0 saturated heterocycles. The summed E-state index contributed by atoms with van der Waals surface area (Å²) in [6, 6.07) is 0. The van der Waals surface area contributed by atoms with Gasteiger partial charge in [0, 0.05) is 0 Å². The summed E-state index contributed by atoms with van der Waals surface area (Å²) in [6.07, 6.45) is 30.0. The molecule has 1 unspecified atom stereocenters. The van der Waals surface area contributed by atoms with Crippen LogP contribution >= 0.6 is 0 Å². The first-order valence-electron chi connectivity index (χ1n) is 12.6. The lowest BCUT2D eigenvalue weighted by molar-refractivity contribution is 0.204. The maximum absolute atomic E-state index is 11.0. The molecule has 0 amide bonds. The number of rotatable bonds is 19. The summed E-state index contributed by atoms with van der Waals surface area (Å²) in [4.78, 5) is 0. The van der Waals surface area contributed by atoms with Gasteiger partial charge < -0.3 is 0 Å². The summed E-state index contributed by atoms with van der Waals surface area (Å²) in [5, 5.41) is 0. The lowest BCUT2D eigenvalue weighted by Crippen LogP contribution is -2.23. The van der Waals surface area contributed by atoms with Gasteiger partial charge in [-0.2, -0.15) is 8.42 Å². The fourth-order valence-corrected chi connectivity index (χ4v) is 5.36. The van der Waals surface area contributed by atoms with Gasteiger partial charge in [0.15, 0.2) is 0 Å². The molecular weight excluding hydrogens is 380 g/mol. The van der Waals surface area contributed by atoms with E-state index in [4.69, 9.17) is 4.55 Å². The summed E-state index contributed by atoms with van der Waals surface area (Å²) in [5.41, 5.74) is 0.274. The first kappa shape index (κ1) is 26.7. The molecule has 0 bridgehead atoms. The Kier molecular flexibility index (Phi) is 15.1. The first-order valence-corrected chi connectivity index (χ1v) is 14.2. The number of allylic oxidation sites excluding steroid dienone is 2. The van der Waals surface area contributed by atoms with Crippen molar-refractivity contribution in [3.8, 4) is 0 Å². The van der Waals surface area contributed by atoms with Crippen molar-refractivity contribution in [2.45, 2.75) is 135 Å². The summed E-state index contributed by atoms with van der Waals surface area (Å²) in [7, 11) is -3.82. The predicted molar refractivity (Wildman–Crippen MR) is 126 cm³/mol. The number of hydrogen-bond donors (Lipinski definition) is 1. The van der Waals surface area contributed by atoms with Crippen LogP contribution < -0.4 is 0 Å². The van der Waals surface area contributed by atoms with Crippen LogP contribution in [0.4, 0.5) is 0 Å². The second-order valence-corrected chi connectivity index (χ2v) is 11.0. The Balaban J connectivity index is 2.01. The van der Waals surface area contributed by atoms with Crippen LogP contribution in [0.5, 0.6) is 0 Å². The normalized spacial score (nSPS) is 19.7. The topological polar surface area (TPSA) is 54.4 Å². The fourth-order valence-electron chi connectivity index (χ4n) is 4.85. The first-order chi connectivity index (χ1) is 14.0. The summed E-state index contributed by atoms with van der Waals surface area (Å²) in [5.74, 6) is -0.0861. The zero-order valence-corrected chi connectivity index (χ0v) is 20.0. The Morgan fingerprint density at radius 3 is 1.66 bits per heavy atom. The molecular formula is C25H48O3S. The standard InChI is InChI=1S/C25H48O3S/c1-2-3-4-5-6-7-8-9-10-11-12-13-14-16-20-25(21-17-15-18-22-25)23-19-24-29(26,27)28/h15,17H,2-14,16,18-24H2,1H3,(H,26,27,28). The molecule has 1 aliphatic carbocycles. The fraction of sp³-hybridized carbons (Fsp3) is 0.920. The molecule has 0 heterocycles. The minimum atomic E-state index is -3.82. The molecule has 172 valence electrons. The van der Waals surface area contributed by atoms with Crippen molar-refractivity contribution in [3.05, 3.63) is 12.2 Å². The van der Waals surface area contributed by atoms with Crippen LogP contribution in [0.15, 0.2) is 12.2 Å².